The van der Waals surface area contributed by atoms with Crippen LogP contribution >= 0.6 is 11.6 Å². The molecule has 0 amide bonds. The van der Waals surface area contributed by atoms with Gasteiger partial charge in [-0.3, -0.25) is 5.01 Å². The highest BCUT2D eigenvalue weighted by Crippen LogP contribution is 2.19. The second-order valence-corrected chi connectivity index (χ2v) is 5.49. The number of hydrogen-bond acceptors (Lipinski definition) is 2. The van der Waals surface area contributed by atoms with E-state index in [9.17, 15) is 0 Å². The number of halogens is 1. The van der Waals surface area contributed by atoms with Gasteiger partial charge in [-0.2, -0.15) is 5.10 Å². The van der Waals surface area contributed by atoms with Crippen molar-refractivity contribution < 1.29 is 0 Å². The van der Waals surface area contributed by atoms with Crippen molar-refractivity contribution in [3.8, 4) is 0 Å². The zero-order valence-corrected chi connectivity index (χ0v) is 13.4. The maximum absolute atomic E-state index is 6.43. The lowest BCUT2D eigenvalue weighted by atomic mass is 10.2. The highest BCUT2D eigenvalue weighted by Gasteiger charge is 2.08. The van der Waals surface area contributed by atoms with Crippen LogP contribution in [0.3, 0.4) is 0 Å². The first kappa shape index (κ1) is 15.3. The zero-order valence-electron chi connectivity index (χ0n) is 12.6. The van der Waals surface area contributed by atoms with E-state index in [2.05, 4.69) is 17.2 Å². The van der Waals surface area contributed by atoms with Crippen LogP contribution in [0.4, 0.5) is 5.69 Å². The van der Waals surface area contributed by atoms with Gasteiger partial charge in [0.1, 0.15) is 0 Å². The molecule has 0 fully saturated rings. The zero-order chi connectivity index (χ0) is 15.9. The summed E-state index contributed by atoms with van der Waals surface area (Å²) in [4.78, 5) is 0. The lowest BCUT2D eigenvalue weighted by Crippen LogP contribution is -2.17. The minimum absolute atomic E-state index is 0.477. The average molecular weight is 321 g/mol. The smallest absolute Gasteiger partial charge is 0.156 e. The maximum atomic E-state index is 6.43. The molecule has 3 rings (SSSR count). The van der Waals surface area contributed by atoms with Gasteiger partial charge in [-0.1, -0.05) is 90.5 Å². The molecule has 114 valence electrons. The van der Waals surface area contributed by atoms with Crippen molar-refractivity contribution in [2.24, 2.45) is 5.10 Å². The third-order valence-electron chi connectivity index (χ3n) is 3.45. The van der Waals surface area contributed by atoms with Crippen LogP contribution in [0.5, 0.6) is 0 Å². The first-order valence-corrected chi connectivity index (χ1v) is 7.87. The van der Waals surface area contributed by atoms with Crippen molar-refractivity contribution in [1.29, 1.82) is 0 Å². The van der Waals surface area contributed by atoms with Crippen LogP contribution in [0.25, 0.3) is 0 Å². The van der Waals surface area contributed by atoms with Gasteiger partial charge in [-0.25, -0.2) is 0 Å². The van der Waals surface area contributed by atoms with Gasteiger partial charge < -0.3 is 0 Å². The molecule has 3 aromatic carbocycles. The minimum atomic E-state index is 0.477. The molecular weight excluding hydrogens is 304 g/mol. The summed E-state index contributed by atoms with van der Waals surface area (Å²) in [7, 11) is 0. The molecule has 0 heterocycles. The molecule has 0 bridgehead atoms. The molecule has 0 aromatic heterocycles. The Morgan fingerprint density at radius 2 is 1.26 bits per heavy atom. The molecule has 0 saturated heterocycles. The number of nitrogens with zero attached hydrogens (tertiary/aromatic N) is 2. The quantitative estimate of drug-likeness (QED) is 0.460. The van der Waals surface area contributed by atoms with E-state index < -0.39 is 0 Å². The van der Waals surface area contributed by atoms with Crippen molar-refractivity contribution in [1.82, 2.24) is 0 Å². The fourth-order valence-corrected chi connectivity index (χ4v) is 2.50. The van der Waals surface area contributed by atoms with Gasteiger partial charge in [0.05, 0.1) is 12.2 Å². The third kappa shape index (κ3) is 4.21. The summed E-state index contributed by atoms with van der Waals surface area (Å²) in [5, 5.41) is 7.03. The van der Waals surface area contributed by atoms with Gasteiger partial charge in [0, 0.05) is 5.56 Å². The Morgan fingerprint density at radius 1 is 0.739 bits per heavy atom. The van der Waals surface area contributed by atoms with E-state index in [-0.39, 0.29) is 0 Å². The summed E-state index contributed by atoms with van der Waals surface area (Å²) in [6.07, 6.45) is 0. The van der Waals surface area contributed by atoms with Crippen molar-refractivity contribution >= 4 is 22.5 Å². The largest absolute Gasteiger partial charge is 0.260 e. The predicted molar refractivity (Wildman–Crippen MR) is 97.9 cm³/mol. The molecule has 0 aliphatic carbocycles. The standard InChI is InChI=1S/C20H17ClN2/c21-20(18-12-6-2-7-13-18)22-23(19-14-8-3-9-15-19)16-17-10-4-1-5-11-17/h1-15H,16H2/b22-20-. The average Bonchev–Trinajstić information content (AvgIpc) is 2.63. The Balaban J connectivity index is 1.92. The first-order valence-electron chi connectivity index (χ1n) is 7.49. The fraction of sp³-hybridized carbons (Fsp3) is 0.0500. The predicted octanol–water partition coefficient (Wildman–Crippen LogP) is 5.29. The Bertz CT molecular complexity index is 755. The lowest BCUT2D eigenvalue weighted by molar-refractivity contribution is 0.857. The van der Waals surface area contributed by atoms with Crippen molar-refractivity contribution in [3.63, 3.8) is 0 Å². The summed E-state index contributed by atoms with van der Waals surface area (Å²) in [5.41, 5.74) is 3.09. The molecule has 0 aliphatic heterocycles. The van der Waals surface area contributed by atoms with E-state index in [4.69, 9.17) is 11.6 Å². The number of rotatable bonds is 5. The molecule has 3 aromatic rings. The van der Waals surface area contributed by atoms with Crippen LogP contribution in [0.2, 0.25) is 0 Å². The van der Waals surface area contributed by atoms with E-state index in [0.29, 0.717) is 11.7 Å². The molecule has 0 radical (unpaired) electrons. The van der Waals surface area contributed by atoms with Gasteiger partial charge in [0.2, 0.25) is 0 Å². The Labute approximate surface area is 141 Å². The molecule has 0 atom stereocenters. The van der Waals surface area contributed by atoms with E-state index in [0.717, 1.165) is 11.3 Å². The number of anilines is 1. The van der Waals surface area contributed by atoms with Crippen LogP contribution in [0, 0.1) is 0 Å². The Hall–Kier alpha value is -2.58. The first-order chi connectivity index (χ1) is 11.3. The van der Waals surface area contributed by atoms with Gasteiger partial charge >= 0.3 is 0 Å². The normalized spacial score (nSPS) is 11.3. The molecule has 3 heteroatoms. The Kier molecular flexibility index (Phi) is 5.07. The van der Waals surface area contributed by atoms with Crippen LogP contribution in [0.15, 0.2) is 96.1 Å². The molecule has 2 nitrogen and oxygen atoms in total. The van der Waals surface area contributed by atoms with Crippen LogP contribution in [-0.2, 0) is 6.54 Å². The molecule has 0 aliphatic rings. The number of hydrazone groups is 1. The van der Waals surface area contributed by atoms with E-state index >= 15 is 0 Å². The summed E-state index contributed by atoms with van der Waals surface area (Å²) >= 11 is 6.43. The van der Waals surface area contributed by atoms with Crippen LogP contribution < -0.4 is 5.01 Å². The highest BCUT2D eigenvalue weighted by molar-refractivity contribution is 6.69. The van der Waals surface area contributed by atoms with Gasteiger partial charge in [0.15, 0.2) is 5.17 Å². The summed E-state index contributed by atoms with van der Waals surface area (Å²) in [6.45, 7) is 0.661. The maximum Gasteiger partial charge on any atom is 0.156 e. The van der Waals surface area contributed by atoms with Crippen molar-refractivity contribution in [2.75, 3.05) is 5.01 Å². The molecule has 0 saturated carbocycles. The minimum Gasteiger partial charge on any atom is -0.260 e. The van der Waals surface area contributed by atoms with Gasteiger partial charge in [-0.15, -0.1) is 0 Å². The third-order valence-corrected chi connectivity index (χ3v) is 3.74. The molecule has 0 unspecified atom stereocenters. The fourth-order valence-electron chi connectivity index (χ4n) is 2.28. The Morgan fingerprint density at radius 3 is 1.87 bits per heavy atom. The van der Waals surface area contributed by atoms with E-state index in [1.54, 1.807) is 0 Å². The monoisotopic (exact) mass is 320 g/mol. The molecule has 0 N–H and O–H groups in total. The number of para-hydroxylation sites is 1. The van der Waals surface area contributed by atoms with Crippen LogP contribution in [-0.4, -0.2) is 5.17 Å². The van der Waals surface area contributed by atoms with Crippen LogP contribution in [0.1, 0.15) is 11.1 Å². The van der Waals surface area contributed by atoms with Gasteiger partial charge in [0.25, 0.3) is 0 Å². The molecular formula is C20H17ClN2. The summed E-state index contributed by atoms with van der Waals surface area (Å²) in [6, 6.07) is 30.1. The second kappa shape index (κ2) is 7.61. The van der Waals surface area contributed by atoms with E-state index in [1.807, 2.05) is 83.9 Å². The summed E-state index contributed by atoms with van der Waals surface area (Å²) in [5.74, 6) is 0. The second-order valence-electron chi connectivity index (χ2n) is 5.14. The topological polar surface area (TPSA) is 15.6 Å². The highest BCUT2D eigenvalue weighted by atomic mass is 35.5. The lowest BCUT2D eigenvalue weighted by Gasteiger charge is -2.20. The molecule has 0 spiro atoms. The van der Waals surface area contributed by atoms with E-state index in [1.165, 1.54) is 5.56 Å². The SMILES string of the molecule is Cl/C(=N\N(Cc1ccccc1)c1ccccc1)c1ccccc1. The van der Waals surface area contributed by atoms with Crippen molar-refractivity contribution in [2.45, 2.75) is 6.54 Å². The molecule has 23 heavy (non-hydrogen) atoms. The van der Waals surface area contributed by atoms with Crippen molar-refractivity contribution in [3.05, 3.63) is 102 Å². The van der Waals surface area contributed by atoms with Gasteiger partial charge in [-0.05, 0) is 17.7 Å². The summed E-state index contributed by atoms with van der Waals surface area (Å²) < 4.78 is 0. The number of hydrogen-bond donors (Lipinski definition) is 0. The number of benzene rings is 3.